The standard InChI is InChI=1S/C26H26FN7O2/c1-33(2)18-10-12-34(13-11-18)26(35)19-9-8-17(14-20(19)27)21-15-29-23(28)22(30-21)25-32-31-24(36-25)16-6-4-3-5-7-16/h3-9,14-15,18H,10-13H2,1-2H3,(H2,28,29). The van der Waals surface area contributed by atoms with Crippen LogP contribution in [0, 0.1) is 5.82 Å². The highest BCUT2D eigenvalue weighted by Crippen LogP contribution is 2.29. The number of hydrogen-bond acceptors (Lipinski definition) is 8. The van der Waals surface area contributed by atoms with Gasteiger partial charge < -0.3 is 20.0 Å². The molecular formula is C26H26FN7O2. The van der Waals surface area contributed by atoms with Crippen LogP contribution in [0.5, 0.6) is 0 Å². The van der Waals surface area contributed by atoms with Crippen molar-refractivity contribution >= 4 is 11.7 Å². The van der Waals surface area contributed by atoms with Gasteiger partial charge in [-0.3, -0.25) is 4.79 Å². The van der Waals surface area contributed by atoms with Gasteiger partial charge >= 0.3 is 0 Å². The number of likely N-dealkylation sites (tertiary alicyclic amines) is 1. The van der Waals surface area contributed by atoms with Crippen LogP contribution in [-0.2, 0) is 0 Å². The number of aromatic nitrogens is 4. The van der Waals surface area contributed by atoms with Crippen molar-refractivity contribution < 1.29 is 13.6 Å². The van der Waals surface area contributed by atoms with Gasteiger partial charge in [-0.15, -0.1) is 10.2 Å². The normalized spacial score (nSPS) is 14.4. The van der Waals surface area contributed by atoms with Crippen LogP contribution in [0.15, 0.2) is 59.1 Å². The Hall–Kier alpha value is -4.18. The van der Waals surface area contributed by atoms with E-state index < -0.39 is 5.82 Å². The Morgan fingerprint density at radius 2 is 1.78 bits per heavy atom. The highest BCUT2D eigenvalue weighted by molar-refractivity contribution is 5.95. The van der Waals surface area contributed by atoms with Crippen LogP contribution in [-0.4, -0.2) is 69.1 Å². The molecule has 2 aromatic heterocycles. The zero-order valence-electron chi connectivity index (χ0n) is 20.1. The predicted octanol–water partition coefficient (Wildman–Crippen LogP) is 3.75. The van der Waals surface area contributed by atoms with E-state index in [0.29, 0.717) is 36.3 Å². The summed E-state index contributed by atoms with van der Waals surface area (Å²) in [5.74, 6) is -0.388. The summed E-state index contributed by atoms with van der Waals surface area (Å²) in [6.45, 7) is 1.20. The zero-order chi connectivity index (χ0) is 25.2. The smallest absolute Gasteiger partial charge is 0.270 e. The molecule has 9 nitrogen and oxygen atoms in total. The van der Waals surface area contributed by atoms with E-state index in [4.69, 9.17) is 10.2 Å². The molecule has 0 radical (unpaired) electrons. The van der Waals surface area contributed by atoms with Crippen LogP contribution >= 0.6 is 0 Å². The first-order valence-electron chi connectivity index (χ1n) is 11.7. The number of nitrogen functional groups attached to an aromatic ring is 1. The van der Waals surface area contributed by atoms with Gasteiger partial charge in [-0.1, -0.05) is 24.3 Å². The Kier molecular flexibility index (Phi) is 6.43. The molecule has 1 fully saturated rings. The average Bonchev–Trinajstić information content (AvgIpc) is 3.39. The monoisotopic (exact) mass is 487 g/mol. The number of nitrogens with zero attached hydrogens (tertiary/aromatic N) is 6. The molecular weight excluding hydrogens is 461 g/mol. The predicted molar refractivity (Wildman–Crippen MR) is 133 cm³/mol. The van der Waals surface area contributed by atoms with Gasteiger partial charge in [0.15, 0.2) is 11.5 Å². The number of anilines is 1. The fraction of sp³-hybridized carbons (Fsp3) is 0.269. The van der Waals surface area contributed by atoms with Crippen molar-refractivity contribution in [2.75, 3.05) is 32.9 Å². The van der Waals surface area contributed by atoms with Crippen molar-refractivity contribution in [2.45, 2.75) is 18.9 Å². The second-order valence-electron chi connectivity index (χ2n) is 8.95. The minimum Gasteiger partial charge on any atom is -0.414 e. The summed E-state index contributed by atoms with van der Waals surface area (Å²) in [6, 6.07) is 14.2. The van der Waals surface area contributed by atoms with Gasteiger partial charge in [0.2, 0.25) is 5.89 Å². The summed E-state index contributed by atoms with van der Waals surface area (Å²) in [5.41, 5.74) is 7.83. The van der Waals surface area contributed by atoms with Gasteiger partial charge in [0, 0.05) is 30.3 Å². The van der Waals surface area contributed by atoms with Crippen molar-refractivity contribution in [3.8, 4) is 34.3 Å². The molecule has 3 heterocycles. The summed E-state index contributed by atoms with van der Waals surface area (Å²) in [4.78, 5) is 25.5. The lowest BCUT2D eigenvalue weighted by molar-refractivity contribution is 0.0658. The summed E-state index contributed by atoms with van der Waals surface area (Å²) < 4.78 is 20.8. The molecule has 2 N–H and O–H groups in total. The van der Waals surface area contributed by atoms with Gasteiger partial charge in [0.25, 0.3) is 11.8 Å². The summed E-state index contributed by atoms with van der Waals surface area (Å²) in [5, 5.41) is 8.12. The molecule has 10 heteroatoms. The van der Waals surface area contributed by atoms with Crippen molar-refractivity contribution in [3.05, 3.63) is 66.1 Å². The van der Waals surface area contributed by atoms with E-state index in [1.807, 2.05) is 44.4 Å². The Morgan fingerprint density at radius 3 is 2.47 bits per heavy atom. The van der Waals surface area contributed by atoms with E-state index in [1.54, 1.807) is 11.0 Å². The van der Waals surface area contributed by atoms with E-state index in [1.165, 1.54) is 18.3 Å². The van der Waals surface area contributed by atoms with E-state index >= 15 is 4.39 Å². The largest absolute Gasteiger partial charge is 0.414 e. The SMILES string of the molecule is CN(C)C1CCN(C(=O)c2ccc(-c3cnc(N)c(-c4nnc(-c5ccccc5)o4)n3)cc2F)CC1. The van der Waals surface area contributed by atoms with Crippen molar-refractivity contribution in [2.24, 2.45) is 0 Å². The lowest BCUT2D eigenvalue weighted by atomic mass is 10.0. The number of nitrogens with two attached hydrogens (primary N) is 1. The lowest BCUT2D eigenvalue weighted by Gasteiger charge is -2.35. The molecule has 36 heavy (non-hydrogen) atoms. The highest BCUT2D eigenvalue weighted by Gasteiger charge is 2.26. The van der Waals surface area contributed by atoms with Crippen LogP contribution in [0.2, 0.25) is 0 Å². The Balaban J connectivity index is 1.38. The van der Waals surface area contributed by atoms with E-state index in [0.717, 1.165) is 18.4 Å². The molecule has 0 spiro atoms. The van der Waals surface area contributed by atoms with Crippen molar-refractivity contribution in [1.82, 2.24) is 30.0 Å². The first-order chi connectivity index (χ1) is 17.4. The number of hydrogen-bond donors (Lipinski definition) is 1. The maximum Gasteiger partial charge on any atom is 0.270 e. The second kappa shape index (κ2) is 9.82. The first-order valence-corrected chi connectivity index (χ1v) is 11.7. The van der Waals surface area contributed by atoms with E-state index in [9.17, 15) is 4.79 Å². The molecule has 2 aromatic carbocycles. The van der Waals surface area contributed by atoms with Crippen molar-refractivity contribution in [1.29, 1.82) is 0 Å². The topological polar surface area (TPSA) is 114 Å². The van der Waals surface area contributed by atoms with Crippen LogP contribution in [0.3, 0.4) is 0 Å². The third-order valence-electron chi connectivity index (χ3n) is 6.43. The molecule has 0 saturated carbocycles. The van der Waals surface area contributed by atoms with Gasteiger partial charge in [-0.2, -0.15) is 0 Å². The fourth-order valence-electron chi connectivity index (χ4n) is 4.31. The number of amides is 1. The van der Waals surface area contributed by atoms with Crippen LogP contribution in [0.25, 0.3) is 34.3 Å². The average molecular weight is 488 g/mol. The van der Waals surface area contributed by atoms with Gasteiger partial charge in [-0.05, 0) is 51.2 Å². The van der Waals surface area contributed by atoms with E-state index in [-0.39, 0.29) is 28.9 Å². The maximum absolute atomic E-state index is 15.1. The molecule has 4 aromatic rings. The lowest BCUT2D eigenvalue weighted by Crippen LogP contribution is -2.44. The van der Waals surface area contributed by atoms with Crippen molar-refractivity contribution in [3.63, 3.8) is 0 Å². The molecule has 5 rings (SSSR count). The molecule has 0 bridgehead atoms. The summed E-state index contributed by atoms with van der Waals surface area (Å²) in [6.07, 6.45) is 3.17. The minimum atomic E-state index is -0.614. The van der Waals surface area contributed by atoms with Crippen LogP contribution < -0.4 is 5.73 Å². The molecule has 1 amide bonds. The van der Waals surface area contributed by atoms with Crippen LogP contribution in [0.1, 0.15) is 23.2 Å². The summed E-state index contributed by atoms with van der Waals surface area (Å²) >= 11 is 0. The molecule has 0 unspecified atom stereocenters. The van der Waals surface area contributed by atoms with Gasteiger partial charge in [-0.25, -0.2) is 14.4 Å². The van der Waals surface area contributed by atoms with Gasteiger partial charge in [0.1, 0.15) is 5.82 Å². The maximum atomic E-state index is 15.1. The van der Waals surface area contributed by atoms with Crippen LogP contribution in [0.4, 0.5) is 10.2 Å². The van der Waals surface area contributed by atoms with E-state index in [2.05, 4.69) is 25.1 Å². The third kappa shape index (κ3) is 4.67. The highest BCUT2D eigenvalue weighted by atomic mass is 19.1. The van der Waals surface area contributed by atoms with Gasteiger partial charge in [0.05, 0.1) is 17.5 Å². The first kappa shape index (κ1) is 23.6. The molecule has 1 aliphatic heterocycles. The quantitative estimate of drug-likeness (QED) is 0.453. The minimum absolute atomic E-state index is 0.0371. The Morgan fingerprint density at radius 1 is 1.06 bits per heavy atom. The zero-order valence-corrected chi connectivity index (χ0v) is 20.1. The number of benzene rings is 2. The third-order valence-corrected chi connectivity index (χ3v) is 6.43. The molecule has 0 aliphatic carbocycles. The molecule has 184 valence electrons. The molecule has 0 atom stereocenters. The fourth-order valence-corrected chi connectivity index (χ4v) is 4.31. The number of carbonyl (C=O) groups excluding carboxylic acids is 1. The molecule has 1 saturated heterocycles. The Labute approximate surface area is 207 Å². The number of piperidine rings is 1. The molecule has 1 aliphatic rings. The summed E-state index contributed by atoms with van der Waals surface area (Å²) in [7, 11) is 4.07. The second-order valence-corrected chi connectivity index (χ2v) is 8.95. The number of halogens is 1. The Bertz CT molecular complexity index is 1380. The number of rotatable bonds is 5. The number of carbonyl (C=O) groups is 1.